The van der Waals surface area contributed by atoms with Gasteiger partial charge in [0.25, 0.3) is 12.4 Å². The molecule has 8 heteroatoms. The van der Waals surface area contributed by atoms with Gasteiger partial charge >= 0.3 is 0 Å². The van der Waals surface area contributed by atoms with Crippen molar-refractivity contribution in [3.63, 3.8) is 0 Å². The van der Waals surface area contributed by atoms with E-state index in [9.17, 15) is 4.79 Å². The van der Waals surface area contributed by atoms with Crippen molar-refractivity contribution in [2.75, 3.05) is 40.4 Å². The molecule has 1 aliphatic carbocycles. The number of hydrogen-bond donors (Lipinski definition) is 1. The number of rotatable bonds is 4. The third-order valence-corrected chi connectivity index (χ3v) is 3.79. The van der Waals surface area contributed by atoms with Crippen molar-refractivity contribution < 1.29 is 24.0 Å². The molecular formula is C15H23N3O5. The van der Waals surface area contributed by atoms with E-state index in [0.29, 0.717) is 31.4 Å². The Kier molecular flexibility index (Phi) is 6.12. The first-order valence-corrected chi connectivity index (χ1v) is 7.64. The first-order valence-electron chi connectivity index (χ1n) is 7.64. The number of likely N-dealkylation sites (N-methyl/N-ethyl adjacent to an activating group) is 1. The molecular weight excluding hydrogens is 302 g/mol. The Morgan fingerprint density at radius 3 is 2.83 bits per heavy atom. The van der Waals surface area contributed by atoms with E-state index in [2.05, 4.69) is 10.1 Å². The van der Waals surface area contributed by atoms with Gasteiger partial charge in [0.15, 0.2) is 5.69 Å². The Hall–Kier alpha value is -1.93. The van der Waals surface area contributed by atoms with E-state index in [-0.39, 0.29) is 18.4 Å². The van der Waals surface area contributed by atoms with E-state index in [1.807, 2.05) is 25.1 Å². The van der Waals surface area contributed by atoms with E-state index in [4.69, 9.17) is 19.2 Å². The number of carbonyl (C=O) groups excluding carboxylic acids is 1. The molecule has 0 aromatic carbocycles. The number of nitrogens with zero attached hydrogens (tertiary/aromatic N) is 3. The maximum atomic E-state index is 12.6. The van der Waals surface area contributed by atoms with Crippen LogP contribution in [0.5, 0.6) is 0 Å². The van der Waals surface area contributed by atoms with E-state index >= 15 is 0 Å². The number of carbonyl (C=O) groups is 2. The van der Waals surface area contributed by atoms with E-state index in [1.165, 1.54) is 0 Å². The number of morpholine rings is 1. The second-order valence-electron chi connectivity index (χ2n) is 5.98. The van der Waals surface area contributed by atoms with Gasteiger partial charge in [-0.05, 0) is 26.9 Å². The summed E-state index contributed by atoms with van der Waals surface area (Å²) in [5.41, 5.74) is 0.428. The normalized spacial score (nSPS) is 20.8. The highest BCUT2D eigenvalue weighted by Crippen LogP contribution is 2.40. The Bertz CT molecular complexity index is 527. The molecule has 1 aliphatic heterocycles. The lowest BCUT2D eigenvalue weighted by molar-refractivity contribution is -0.122. The summed E-state index contributed by atoms with van der Waals surface area (Å²) in [6.07, 6.45) is 2.28. The molecule has 128 valence electrons. The molecule has 0 radical (unpaired) electrons. The molecule has 1 atom stereocenters. The Morgan fingerprint density at radius 2 is 2.22 bits per heavy atom. The molecule has 1 saturated heterocycles. The number of carboxylic acid groups (broad SMARTS) is 1. The third-order valence-electron chi connectivity index (χ3n) is 3.79. The summed E-state index contributed by atoms with van der Waals surface area (Å²) >= 11 is 0. The molecule has 2 heterocycles. The standard InChI is InChI=1S/C14H21N3O3.CH2O2/c1-16(2)8-11-9-19-6-5-17(11)14(18)12-7-13(20-15-12)10-3-4-10;2-1-3/h7,10-11H,3-6,8-9H2,1-2H3;1H,(H,2,3). The van der Waals surface area contributed by atoms with Crippen molar-refractivity contribution in [1.82, 2.24) is 15.0 Å². The van der Waals surface area contributed by atoms with Crippen LogP contribution in [-0.4, -0.2) is 78.9 Å². The average molecular weight is 325 g/mol. The van der Waals surface area contributed by atoms with Crippen LogP contribution < -0.4 is 0 Å². The predicted octanol–water partition coefficient (Wildman–Crippen LogP) is 0.655. The van der Waals surface area contributed by atoms with Crippen molar-refractivity contribution >= 4 is 12.4 Å². The highest BCUT2D eigenvalue weighted by molar-refractivity contribution is 5.92. The zero-order valence-electron chi connectivity index (χ0n) is 13.5. The zero-order valence-corrected chi connectivity index (χ0v) is 13.5. The van der Waals surface area contributed by atoms with Gasteiger partial charge in [0.1, 0.15) is 5.76 Å². The average Bonchev–Trinajstić information content (AvgIpc) is 3.25. The SMILES string of the molecule is CN(C)CC1COCCN1C(=O)c1cc(C2CC2)on1.O=CO. The van der Waals surface area contributed by atoms with E-state index < -0.39 is 0 Å². The largest absolute Gasteiger partial charge is 0.483 e. The Morgan fingerprint density at radius 1 is 1.52 bits per heavy atom. The summed E-state index contributed by atoms with van der Waals surface area (Å²) < 4.78 is 10.8. The number of amides is 1. The second kappa shape index (κ2) is 8.07. The van der Waals surface area contributed by atoms with Crippen molar-refractivity contribution in [1.29, 1.82) is 0 Å². The number of aromatic nitrogens is 1. The van der Waals surface area contributed by atoms with Crippen LogP contribution >= 0.6 is 0 Å². The Labute approximate surface area is 135 Å². The minimum absolute atomic E-state index is 0.0456. The van der Waals surface area contributed by atoms with Crippen molar-refractivity contribution in [3.8, 4) is 0 Å². The third kappa shape index (κ3) is 4.77. The monoisotopic (exact) mass is 325 g/mol. The molecule has 1 N–H and O–H groups in total. The van der Waals surface area contributed by atoms with Crippen LogP contribution in [-0.2, 0) is 9.53 Å². The van der Waals surface area contributed by atoms with Gasteiger partial charge in [-0.1, -0.05) is 5.16 Å². The molecule has 0 bridgehead atoms. The fourth-order valence-electron chi connectivity index (χ4n) is 2.59. The van der Waals surface area contributed by atoms with Gasteiger partial charge in [-0.2, -0.15) is 0 Å². The van der Waals surface area contributed by atoms with Crippen LogP contribution in [0.4, 0.5) is 0 Å². The molecule has 1 saturated carbocycles. The highest BCUT2D eigenvalue weighted by Gasteiger charge is 2.33. The first kappa shape index (κ1) is 17.4. The summed E-state index contributed by atoms with van der Waals surface area (Å²) in [4.78, 5) is 24.9. The van der Waals surface area contributed by atoms with Crippen molar-refractivity contribution in [2.24, 2.45) is 0 Å². The summed E-state index contributed by atoms with van der Waals surface area (Å²) in [6.45, 7) is 2.32. The summed E-state index contributed by atoms with van der Waals surface area (Å²) in [5.74, 6) is 1.29. The van der Waals surface area contributed by atoms with Crippen LogP contribution in [0.3, 0.4) is 0 Å². The zero-order chi connectivity index (χ0) is 16.8. The van der Waals surface area contributed by atoms with Gasteiger partial charge in [0.05, 0.1) is 19.3 Å². The molecule has 2 aliphatic rings. The molecule has 2 fully saturated rings. The van der Waals surface area contributed by atoms with Crippen molar-refractivity contribution in [3.05, 3.63) is 17.5 Å². The van der Waals surface area contributed by atoms with Gasteiger partial charge in [0.2, 0.25) is 0 Å². The summed E-state index contributed by atoms with van der Waals surface area (Å²) in [5, 5.41) is 10.8. The van der Waals surface area contributed by atoms with E-state index in [1.54, 1.807) is 0 Å². The maximum absolute atomic E-state index is 12.6. The maximum Gasteiger partial charge on any atom is 0.290 e. The van der Waals surface area contributed by atoms with Crippen LogP contribution in [0.25, 0.3) is 0 Å². The lowest BCUT2D eigenvalue weighted by Gasteiger charge is -2.36. The van der Waals surface area contributed by atoms with Gasteiger partial charge in [-0.25, -0.2) is 0 Å². The van der Waals surface area contributed by atoms with Gasteiger partial charge in [-0.3, -0.25) is 9.59 Å². The minimum atomic E-state index is -0.250. The van der Waals surface area contributed by atoms with Crippen LogP contribution in [0.2, 0.25) is 0 Å². The van der Waals surface area contributed by atoms with Crippen molar-refractivity contribution in [2.45, 2.75) is 24.8 Å². The van der Waals surface area contributed by atoms with Crippen LogP contribution in [0, 0.1) is 0 Å². The van der Waals surface area contributed by atoms with Crippen LogP contribution in [0.1, 0.15) is 35.0 Å². The molecule has 1 amide bonds. The smallest absolute Gasteiger partial charge is 0.290 e. The molecule has 23 heavy (non-hydrogen) atoms. The number of ether oxygens (including phenoxy) is 1. The van der Waals surface area contributed by atoms with Gasteiger partial charge in [0, 0.05) is 25.1 Å². The quantitative estimate of drug-likeness (QED) is 0.812. The van der Waals surface area contributed by atoms with E-state index in [0.717, 1.165) is 25.1 Å². The fourth-order valence-corrected chi connectivity index (χ4v) is 2.59. The summed E-state index contributed by atoms with van der Waals surface area (Å²) in [6, 6.07) is 1.88. The highest BCUT2D eigenvalue weighted by atomic mass is 16.5. The molecule has 1 aromatic heterocycles. The minimum Gasteiger partial charge on any atom is -0.483 e. The number of hydrogen-bond acceptors (Lipinski definition) is 6. The lowest BCUT2D eigenvalue weighted by atomic mass is 10.2. The topological polar surface area (TPSA) is 96.1 Å². The second-order valence-corrected chi connectivity index (χ2v) is 5.98. The van der Waals surface area contributed by atoms with Crippen LogP contribution in [0.15, 0.2) is 10.6 Å². The molecule has 1 aromatic rings. The fraction of sp³-hybridized carbons (Fsp3) is 0.667. The van der Waals surface area contributed by atoms with Gasteiger partial charge in [-0.15, -0.1) is 0 Å². The summed E-state index contributed by atoms with van der Waals surface area (Å²) in [7, 11) is 4.00. The lowest BCUT2D eigenvalue weighted by Crippen LogP contribution is -2.52. The molecule has 0 spiro atoms. The molecule has 1 unspecified atom stereocenters. The van der Waals surface area contributed by atoms with Gasteiger partial charge < -0.3 is 24.2 Å². The predicted molar refractivity (Wildman–Crippen MR) is 81.4 cm³/mol. The molecule has 8 nitrogen and oxygen atoms in total. The Balaban J connectivity index is 0.000000595. The molecule has 3 rings (SSSR count). The first-order chi connectivity index (χ1) is 11.1.